The molecule has 1 aromatic carbocycles. The van der Waals surface area contributed by atoms with Gasteiger partial charge in [-0.25, -0.2) is 4.98 Å². The zero-order valence-electron chi connectivity index (χ0n) is 16.7. The molecule has 3 aromatic rings. The Morgan fingerprint density at radius 1 is 1.23 bits per heavy atom. The van der Waals surface area contributed by atoms with Crippen molar-refractivity contribution in [3.63, 3.8) is 0 Å². The van der Waals surface area contributed by atoms with Crippen LogP contribution in [0.25, 0.3) is 0 Å². The number of thiazole rings is 1. The van der Waals surface area contributed by atoms with E-state index < -0.39 is 17.7 Å². The van der Waals surface area contributed by atoms with Gasteiger partial charge in [-0.05, 0) is 31.4 Å². The summed E-state index contributed by atoms with van der Waals surface area (Å²) in [6.45, 7) is 3.86. The molecule has 0 saturated carbocycles. The fraction of sp³-hybridized carbons (Fsp3) is 0.227. The van der Waals surface area contributed by atoms with Crippen LogP contribution in [0.15, 0.2) is 53.1 Å². The maximum absolute atomic E-state index is 13.5. The van der Waals surface area contributed by atoms with Crippen molar-refractivity contribution in [2.45, 2.75) is 26.4 Å². The molecule has 0 radical (unpaired) electrons. The molecule has 1 unspecified atom stereocenters. The smallest absolute Gasteiger partial charge is 0.290 e. The molecule has 1 aliphatic heterocycles. The van der Waals surface area contributed by atoms with E-state index in [-0.39, 0.29) is 17.9 Å². The van der Waals surface area contributed by atoms with Gasteiger partial charge in [-0.3, -0.25) is 9.59 Å². The summed E-state index contributed by atoms with van der Waals surface area (Å²) in [5.41, 5.74) is 1.30. The predicted molar refractivity (Wildman–Crippen MR) is 116 cm³/mol. The summed E-state index contributed by atoms with van der Waals surface area (Å²) in [7, 11) is 1.54. The van der Waals surface area contributed by atoms with Crippen LogP contribution >= 0.6 is 22.7 Å². The third-order valence-corrected chi connectivity index (χ3v) is 6.93. The van der Waals surface area contributed by atoms with Gasteiger partial charge in [-0.1, -0.05) is 24.3 Å². The fourth-order valence-corrected chi connectivity index (χ4v) is 5.28. The van der Waals surface area contributed by atoms with E-state index in [1.807, 2.05) is 42.6 Å². The number of aryl methyl sites for hydroxylation is 2. The number of aromatic nitrogens is 1. The molecule has 2 aromatic heterocycles. The van der Waals surface area contributed by atoms with Crippen LogP contribution in [0.1, 0.15) is 36.9 Å². The van der Waals surface area contributed by atoms with Gasteiger partial charge in [0, 0.05) is 10.4 Å². The Bertz CT molecular complexity index is 1150. The van der Waals surface area contributed by atoms with Gasteiger partial charge >= 0.3 is 0 Å². The van der Waals surface area contributed by atoms with E-state index in [1.54, 1.807) is 20.1 Å². The van der Waals surface area contributed by atoms with Crippen molar-refractivity contribution < 1.29 is 19.4 Å². The molecule has 1 aliphatic rings. The number of hydrogen-bond acceptors (Lipinski definition) is 7. The summed E-state index contributed by atoms with van der Waals surface area (Å²) in [4.78, 5) is 33.8. The number of thiophene rings is 1. The summed E-state index contributed by atoms with van der Waals surface area (Å²) in [6.07, 6.45) is 0. The molecule has 30 heavy (non-hydrogen) atoms. The maximum Gasteiger partial charge on any atom is 0.290 e. The number of amides is 1. The van der Waals surface area contributed by atoms with Gasteiger partial charge in [0.1, 0.15) is 5.75 Å². The lowest BCUT2D eigenvalue weighted by atomic mass is 9.94. The first kappa shape index (κ1) is 20.3. The van der Waals surface area contributed by atoms with E-state index >= 15 is 0 Å². The number of carbonyl (C=O) groups excluding carboxylic acids is 2. The maximum atomic E-state index is 13.5. The number of methoxy groups -OCH3 is 1. The zero-order chi connectivity index (χ0) is 21.4. The molecule has 6 nitrogen and oxygen atoms in total. The van der Waals surface area contributed by atoms with Gasteiger partial charge < -0.3 is 14.7 Å². The number of ketones is 1. The Labute approximate surface area is 182 Å². The highest BCUT2D eigenvalue weighted by atomic mass is 32.1. The van der Waals surface area contributed by atoms with Gasteiger partial charge in [0.05, 0.1) is 40.8 Å². The minimum absolute atomic E-state index is 0.0628. The third-order valence-electron chi connectivity index (χ3n) is 5.00. The molecule has 0 spiro atoms. The molecule has 0 aliphatic carbocycles. The van der Waals surface area contributed by atoms with Crippen LogP contribution in [-0.2, 0) is 11.3 Å². The van der Waals surface area contributed by atoms with Crippen molar-refractivity contribution in [3.8, 4) is 5.75 Å². The first-order valence-corrected chi connectivity index (χ1v) is 11.0. The van der Waals surface area contributed by atoms with Crippen LogP contribution in [-0.4, -0.2) is 33.8 Å². The van der Waals surface area contributed by atoms with E-state index in [0.717, 1.165) is 9.88 Å². The van der Waals surface area contributed by atoms with Crippen LogP contribution in [0.4, 0.5) is 0 Å². The van der Waals surface area contributed by atoms with Crippen LogP contribution in [0, 0.1) is 13.8 Å². The summed E-state index contributed by atoms with van der Waals surface area (Å²) in [6, 6.07) is 10.3. The standard InChI is InChI=1S/C22H20N2O4S2/c1-12-21(30-13(2)23-12)19(25)17-18(15-8-4-5-9-16(15)28-3)24(22(27)20(17)26)11-14-7-6-10-29-14/h4-10,18,26H,11H2,1-3H3. The average Bonchev–Trinajstić information content (AvgIpc) is 3.43. The number of para-hydroxylation sites is 1. The van der Waals surface area contributed by atoms with E-state index in [1.165, 1.54) is 27.6 Å². The lowest BCUT2D eigenvalue weighted by Gasteiger charge is -2.27. The number of aliphatic hydroxyl groups is 1. The number of rotatable bonds is 6. The Morgan fingerprint density at radius 2 is 2.00 bits per heavy atom. The number of hydrogen-bond donors (Lipinski definition) is 1. The Balaban J connectivity index is 1.86. The van der Waals surface area contributed by atoms with Crippen LogP contribution < -0.4 is 4.74 Å². The Morgan fingerprint density at radius 3 is 2.63 bits per heavy atom. The van der Waals surface area contributed by atoms with Crippen molar-refractivity contribution in [1.82, 2.24) is 9.88 Å². The zero-order valence-corrected chi connectivity index (χ0v) is 18.3. The molecule has 1 N–H and O–H groups in total. The fourth-order valence-electron chi connectivity index (χ4n) is 3.70. The normalized spacial score (nSPS) is 16.4. The average molecular weight is 441 g/mol. The minimum atomic E-state index is -0.759. The molecule has 3 heterocycles. The number of ether oxygens (including phenoxy) is 1. The predicted octanol–water partition coefficient (Wildman–Crippen LogP) is 4.61. The van der Waals surface area contributed by atoms with Gasteiger partial charge in [0.2, 0.25) is 5.78 Å². The van der Waals surface area contributed by atoms with Gasteiger partial charge in [-0.15, -0.1) is 22.7 Å². The van der Waals surface area contributed by atoms with Crippen LogP contribution in [0.5, 0.6) is 5.75 Å². The number of Topliss-reactive ketones (excluding diaryl/α,β-unsaturated/α-hetero) is 1. The molecular formula is C22H20N2O4S2. The van der Waals surface area contributed by atoms with E-state index in [2.05, 4.69) is 4.98 Å². The molecule has 4 rings (SSSR count). The van der Waals surface area contributed by atoms with Crippen molar-refractivity contribution >= 4 is 34.4 Å². The molecule has 1 atom stereocenters. The van der Waals surface area contributed by atoms with E-state index in [9.17, 15) is 14.7 Å². The lowest BCUT2D eigenvalue weighted by molar-refractivity contribution is -0.130. The summed E-state index contributed by atoms with van der Waals surface area (Å²) in [5.74, 6) is -0.920. The summed E-state index contributed by atoms with van der Waals surface area (Å²) in [5, 5.41) is 13.5. The minimum Gasteiger partial charge on any atom is -0.503 e. The molecule has 0 saturated heterocycles. The van der Waals surface area contributed by atoms with Crippen LogP contribution in [0.3, 0.4) is 0 Å². The second-order valence-electron chi connectivity index (χ2n) is 6.90. The van der Waals surface area contributed by atoms with Gasteiger partial charge in [0.15, 0.2) is 5.76 Å². The second kappa shape index (κ2) is 8.04. The topological polar surface area (TPSA) is 79.7 Å². The summed E-state index contributed by atoms with van der Waals surface area (Å²) < 4.78 is 5.51. The van der Waals surface area contributed by atoms with Crippen molar-refractivity contribution in [3.05, 3.63) is 79.1 Å². The Kier molecular flexibility index (Phi) is 5.44. The quantitative estimate of drug-likeness (QED) is 0.566. The van der Waals surface area contributed by atoms with E-state index in [4.69, 9.17) is 4.74 Å². The second-order valence-corrected chi connectivity index (χ2v) is 9.13. The first-order valence-electron chi connectivity index (χ1n) is 9.30. The molecule has 0 bridgehead atoms. The van der Waals surface area contributed by atoms with Crippen molar-refractivity contribution in [1.29, 1.82) is 0 Å². The lowest BCUT2D eigenvalue weighted by Crippen LogP contribution is -2.30. The molecule has 0 fully saturated rings. The first-order chi connectivity index (χ1) is 14.4. The van der Waals surface area contributed by atoms with Gasteiger partial charge in [-0.2, -0.15) is 0 Å². The van der Waals surface area contributed by atoms with Crippen molar-refractivity contribution in [2.75, 3.05) is 7.11 Å². The molecule has 8 heteroatoms. The number of benzene rings is 1. The molecular weight excluding hydrogens is 420 g/mol. The third kappa shape index (κ3) is 3.42. The highest BCUT2D eigenvalue weighted by Gasteiger charge is 2.45. The largest absolute Gasteiger partial charge is 0.503 e. The highest BCUT2D eigenvalue weighted by molar-refractivity contribution is 7.14. The van der Waals surface area contributed by atoms with Crippen LogP contribution in [0.2, 0.25) is 0 Å². The highest BCUT2D eigenvalue weighted by Crippen LogP contribution is 2.44. The van der Waals surface area contributed by atoms with Crippen molar-refractivity contribution in [2.24, 2.45) is 0 Å². The monoisotopic (exact) mass is 440 g/mol. The molecule has 1 amide bonds. The SMILES string of the molecule is COc1ccccc1C1C(C(=O)c2sc(C)nc2C)=C(O)C(=O)N1Cc1cccs1. The summed E-state index contributed by atoms with van der Waals surface area (Å²) >= 11 is 2.78. The molecule has 154 valence electrons. The van der Waals surface area contributed by atoms with E-state index in [0.29, 0.717) is 21.9 Å². The Hall–Kier alpha value is -2.97. The van der Waals surface area contributed by atoms with Gasteiger partial charge in [0.25, 0.3) is 5.91 Å². The number of aliphatic hydroxyl groups excluding tert-OH is 1. The number of nitrogens with zero attached hydrogens (tertiary/aromatic N) is 2. The number of carbonyl (C=O) groups is 2.